The minimum absolute atomic E-state index is 0.938. The van der Waals surface area contributed by atoms with Crippen LogP contribution in [0.25, 0.3) is 75.6 Å². The second kappa shape index (κ2) is 8.83. The van der Waals surface area contributed by atoms with E-state index in [4.69, 9.17) is 9.97 Å². The summed E-state index contributed by atoms with van der Waals surface area (Å²) in [5, 5.41) is 6.28. The molecule has 0 radical (unpaired) electrons. The summed E-state index contributed by atoms with van der Waals surface area (Å²) in [5.41, 5.74) is 7.14. The quantitative estimate of drug-likeness (QED) is 0.220. The van der Waals surface area contributed by atoms with Crippen LogP contribution in [0.15, 0.2) is 128 Å². The fourth-order valence-electron chi connectivity index (χ4n) is 5.51. The number of fused-ring (bicyclic) bond motifs is 7. The van der Waals surface area contributed by atoms with Crippen molar-refractivity contribution < 1.29 is 0 Å². The van der Waals surface area contributed by atoms with Gasteiger partial charge in [0.15, 0.2) is 0 Å². The molecule has 4 aromatic carbocycles. The zero-order valence-corrected chi connectivity index (χ0v) is 21.7. The van der Waals surface area contributed by atoms with Gasteiger partial charge in [-0.2, -0.15) is 0 Å². The number of rotatable bonds is 3. The van der Waals surface area contributed by atoms with E-state index in [1.54, 1.807) is 12.4 Å². The summed E-state index contributed by atoms with van der Waals surface area (Å²) in [4.78, 5) is 14.2. The number of nitrogens with zero attached hydrogens (tertiary/aromatic N) is 3. The third kappa shape index (κ3) is 3.61. The van der Waals surface area contributed by atoms with Crippen molar-refractivity contribution in [1.82, 2.24) is 15.0 Å². The Morgan fingerprint density at radius 1 is 0.462 bits per heavy atom. The highest BCUT2D eigenvalue weighted by atomic mass is 32.1. The normalized spacial score (nSPS) is 11.6. The van der Waals surface area contributed by atoms with Gasteiger partial charge in [0.25, 0.3) is 0 Å². The smallest absolute Gasteiger partial charge is 0.0788 e. The number of thiophene rings is 1. The molecule has 4 heterocycles. The van der Waals surface area contributed by atoms with Gasteiger partial charge in [0, 0.05) is 65.4 Å². The van der Waals surface area contributed by atoms with Crippen LogP contribution in [-0.4, -0.2) is 15.0 Å². The summed E-state index contributed by atoms with van der Waals surface area (Å²) >= 11 is 1.87. The summed E-state index contributed by atoms with van der Waals surface area (Å²) < 4.78 is 2.63. The van der Waals surface area contributed by atoms with Crippen LogP contribution in [0, 0.1) is 0 Å². The van der Waals surface area contributed by atoms with Gasteiger partial charge in [-0.05, 0) is 36.4 Å². The molecular formula is C35H21N3S. The number of hydrogen-bond acceptors (Lipinski definition) is 4. The summed E-state index contributed by atoms with van der Waals surface area (Å²) in [6, 6.07) is 40.4. The van der Waals surface area contributed by atoms with E-state index in [-0.39, 0.29) is 0 Å². The van der Waals surface area contributed by atoms with Crippen molar-refractivity contribution in [2.45, 2.75) is 0 Å². The maximum atomic E-state index is 5.17. The molecule has 0 aliphatic rings. The van der Waals surface area contributed by atoms with Gasteiger partial charge in [-0.15, -0.1) is 11.3 Å². The molecule has 0 unspecified atom stereocenters. The maximum absolute atomic E-state index is 5.17. The first kappa shape index (κ1) is 22.1. The first-order chi connectivity index (χ1) is 19.3. The average Bonchev–Trinajstić information content (AvgIpc) is 3.40. The highest BCUT2D eigenvalue weighted by Crippen LogP contribution is 2.43. The molecule has 0 aliphatic carbocycles. The highest BCUT2D eigenvalue weighted by Gasteiger charge is 2.16. The number of para-hydroxylation sites is 1. The Morgan fingerprint density at radius 3 is 1.95 bits per heavy atom. The lowest BCUT2D eigenvalue weighted by Gasteiger charge is -2.12. The van der Waals surface area contributed by atoms with Gasteiger partial charge in [-0.25, -0.2) is 9.97 Å². The zero-order chi connectivity index (χ0) is 25.8. The molecule has 4 heteroatoms. The first-order valence-electron chi connectivity index (χ1n) is 12.9. The molecule has 0 atom stereocenters. The van der Waals surface area contributed by atoms with Crippen molar-refractivity contribution in [2.24, 2.45) is 0 Å². The maximum Gasteiger partial charge on any atom is 0.0788 e. The van der Waals surface area contributed by atoms with Gasteiger partial charge >= 0.3 is 0 Å². The van der Waals surface area contributed by atoms with E-state index < -0.39 is 0 Å². The zero-order valence-electron chi connectivity index (χ0n) is 20.9. The lowest BCUT2D eigenvalue weighted by molar-refractivity contribution is 1.29. The Balaban J connectivity index is 1.30. The summed E-state index contributed by atoms with van der Waals surface area (Å²) in [5.74, 6) is 0. The fourth-order valence-corrected chi connectivity index (χ4v) is 6.78. The van der Waals surface area contributed by atoms with Crippen molar-refractivity contribution >= 4 is 53.2 Å². The van der Waals surface area contributed by atoms with Crippen LogP contribution < -0.4 is 0 Å². The Bertz CT molecular complexity index is 2160. The van der Waals surface area contributed by atoms with Gasteiger partial charge in [0.1, 0.15) is 0 Å². The fraction of sp³-hybridized carbons (Fsp3) is 0. The Kier molecular flexibility index (Phi) is 5.00. The predicted molar refractivity (Wildman–Crippen MR) is 164 cm³/mol. The number of pyridine rings is 3. The lowest BCUT2D eigenvalue weighted by atomic mass is 9.97. The van der Waals surface area contributed by atoms with Crippen molar-refractivity contribution in [1.29, 1.82) is 0 Å². The lowest BCUT2D eigenvalue weighted by Crippen LogP contribution is -1.91. The van der Waals surface area contributed by atoms with Gasteiger partial charge in [-0.3, -0.25) is 4.98 Å². The average molecular weight is 516 g/mol. The van der Waals surface area contributed by atoms with Crippen LogP contribution >= 0.6 is 11.3 Å². The molecular weight excluding hydrogens is 494 g/mol. The largest absolute Gasteiger partial charge is 0.265 e. The predicted octanol–water partition coefficient (Wildman–Crippen LogP) is 9.55. The molecule has 182 valence electrons. The summed E-state index contributed by atoms with van der Waals surface area (Å²) in [6.45, 7) is 0. The van der Waals surface area contributed by atoms with E-state index in [0.717, 1.165) is 39.3 Å². The van der Waals surface area contributed by atoms with Crippen LogP contribution in [0.2, 0.25) is 0 Å². The van der Waals surface area contributed by atoms with E-state index in [1.807, 2.05) is 29.5 Å². The highest BCUT2D eigenvalue weighted by molar-refractivity contribution is 7.26. The molecule has 0 saturated heterocycles. The second-order valence-corrected chi connectivity index (χ2v) is 10.7. The molecule has 3 nitrogen and oxygen atoms in total. The van der Waals surface area contributed by atoms with Gasteiger partial charge in [-0.1, -0.05) is 78.9 Å². The molecule has 8 rings (SSSR count). The topological polar surface area (TPSA) is 38.7 Å². The standard InChI is InChI=1S/C35H21N3S/c1-3-8-31-27(7-1)33-28(17-16-26-25-6-2-4-11-32(25)39-35(26)33)34(38-31)24-14-12-22(13-15-24)29-9-5-10-30(37-29)23-18-20-36-21-19-23/h1-21H. The van der Waals surface area contributed by atoms with Crippen molar-refractivity contribution in [3.8, 4) is 33.8 Å². The van der Waals surface area contributed by atoms with Crippen molar-refractivity contribution in [3.63, 3.8) is 0 Å². The molecule has 0 bridgehead atoms. The van der Waals surface area contributed by atoms with Crippen LogP contribution in [0.4, 0.5) is 0 Å². The number of benzene rings is 4. The molecule has 8 aromatic rings. The molecule has 0 N–H and O–H groups in total. The van der Waals surface area contributed by atoms with E-state index >= 15 is 0 Å². The van der Waals surface area contributed by atoms with E-state index in [0.29, 0.717) is 0 Å². The Labute approximate surface area is 229 Å². The SMILES string of the molecule is c1cc(-c2ccncc2)nc(-c2ccc(-c3nc4ccccc4c4c3ccc3c5ccccc5sc34)cc2)c1. The molecule has 0 saturated carbocycles. The Morgan fingerprint density at radius 2 is 1.13 bits per heavy atom. The molecule has 39 heavy (non-hydrogen) atoms. The molecule has 0 amide bonds. The van der Waals surface area contributed by atoms with Crippen LogP contribution in [0.1, 0.15) is 0 Å². The van der Waals surface area contributed by atoms with Crippen LogP contribution in [-0.2, 0) is 0 Å². The minimum atomic E-state index is 0.938. The monoisotopic (exact) mass is 515 g/mol. The number of aromatic nitrogens is 3. The van der Waals surface area contributed by atoms with Crippen molar-refractivity contribution in [2.75, 3.05) is 0 Å². The van der Waals surface area contributed by atoms with Crippen LogP contribution in [0.5, 0.6) is 0 Å². The van der Waals surface area contributed by atoms with Gasteiger partial charge < -0.3 is 0 Å². The first-order valence-corrected chi connectivity index (χ1v) is 13.8. The van der Waals surface area contributed by atoms with Gasteiger partial charge in [0.2, 0.25) is 0 Å². The van der Waals surface area contributed by atoms with Crippen molar-refractivity contribution in [3.05, 3.63) is 128 Å². The van der Waals surface area contributed by atoms with E-state index in [1.165, 1.54) is 36.3 Å². The van der Waals surface area contributed by atoms with Crippen LogP contribution in [0.3, 0.4) is 0 Å². The molecule has 0 aliphatic heterocycles. The third-order valence-electron chi connectivity index (χ3n) is 7.39. The third-order valence-corrected chi connectivity index (χ3v) is 8.59. The Hall–Kier alpha value is -4.93. The molecule has 0 spiro atoms. The molecule has 4 aromatic heterocycles. The van der Waals surface area contributed by atoms with E-state index in [9.17, 15) is 0 Å². The van der Waals surface area contributed by atoms with Gasteiger partial charge in [0.05, 0.1) is 22.6 Å². The second-order valence-electron chi connectivity index (χ2n) is 9.66. The molecule has 0 fully saturated rings. The van der Waals surface area contributed by atoms with E-state index in [2.05, 4.69) is 102 Å². The minimum Gasteiger partial charge on any atom is -0.265 e. The summed E-state index contributed by atoms with van der Waals surface area (Å²) in [7, 11) is 0. The number of hydrogen-bond donors (Lipinski definition) is 0. The summed E-state index contributed by atoms with van der Waals surface area (Å²) in [6.07, 6.45) is 3.60.